The van der Waals surface area contributed by atoms with E-state index in [2.05, 4.69) is 71.2 Å². The van der Waals surface area contributed by atoms with E-state index in [1.807, 2.05) is 6.07 Å². The van der Waals surface area contributed by atoms with Crippen molar-refractivity contribution in [2.45, 2.75) is 65.1 Å². The minimum atomic E-state index is 0.236. The van der Waals surface area contributed by atoms with E-state index in [4.69, 9.17) is 0 Å². The summed E-state index contributed by atoms with van der Waals surface area (Å²) in [6, 6.07) is 15.2. The Labute approximate surface area is 169 Å². The highest BCUT2D eigenvalue weighted by Gasteiger charge is 2.26. The Kier molecular flexibility index (Phi) is 7.72. The van der Waals surface area contributed by atoms with Gasteiger partial charge in [-0.25, -0.2) is 0 Å². The third-order valence-electron chi connectivity index (χ3n) is 5.62. The van der Waals surface area contributed by atoms with Crippen LogP contribution < -0.4 is 5.32 Å². The Morgan fingerprint density at radius 3 is 2.57 bits per heavy atom. The molecule has 1 aliphatic carbocycles. The van der Waals surface area contributed by atoms with Crippen LogP contribution in [0.4, 0.5) is 0 Å². The van der Waals surface area contributed by atoms with E-state index in [0.29, 0.717) is 25.0 Å². The molecule has 1 aliphatic rings. The average molecular weight is 382 g/mol. The van der Waals surface area contributed by atoms with E-state index in [1.165, 1.54) is 30.5 Å². The van der Waals surface area contributed by atoms with Crippen molar-refractivity contribution in [2.75, 3.05) is 13.1 Å². The molecular formula is C24H35N3O. The second-order valence-electron chi connectivity index (χ2n) is 8.45. The van der Waals surface area contributed by atoms with Gasteiger partial charge < -0.3 is 14.8 Å². The van der Waals surface area contributed by atoms with Crippen LogP contribution in [-0.4, -0.2) is 34.5 Å². The fourth-order valence-corrected chi connectivity index (χ4v) is 4.08. The Balaban J connectivity index is 1.70. The average Bonchev–Trinajstić information content (AvgIpc) is 3.14. The van der Waals surface area contributed by atoms with Gasteiger partial charge in [-0.3, -0.25) is 4.79 Å². The van der Waals surface area contributed by atoms with Crippen molar-refractivity contribution in [3.05, 3.63) is 59.9 Å². The van der Waals surface area contributed by atoms with Gasteiger partial charge in [0.15, 0.2) is 0 Å². The lowest BCUT2D eigenvalue weighted by molar-refractivity contribution is -0.134. The first kappa shape index (κ1) is 20.7. The molecule has 4 heteroatoms. The summed E-state index contributed by atoms with van der Waals surface area (Å²) in [5.74, 6) is 0.791. The fourth-order valence-electron chi connectivity index (χ4n) is 4.08. The number of rotatable bonds is 9. The molecule has 2 aromatic rings. The molecule has 1 amide bonds. The van der Waals surface area contributed by atoms with Crippen LogP contribution in [0, 0.1) is 5.92 Å². The lowest BCUT2D eigenvalue weighted by atomic mass is 9.94. The second-order valence-corrected chi connectivity index (χ2v) is 8.45. The lowest BCUT2D eigenvalue weighted by Crippen LogP contribution is -2.45. The zero-order valence-corrected chi connectivity index (χ0v) is 17.4. The quantitative estimate of drug-likeness (QED) is 0.697. The molecule has 28 heavy (non-hydrogen) atoms. The molecular weight excluding hydrogens is 346 g/mol. The van der Waals surface area contributed by atoms with Crippen molar-refractivity contribution in [1.29, 1.82) is 0 Å². The number of nitrogens with one attached hydrogen (secondary N) is 1. The summed E-state index contributed by atoms with van der Waals surface area (Å²) in [6.07, 6.45) is 8.17. The Morgan fingerprint density at radius 2 is 1.86 bits per heavy atom. The number of carbonyl (C=O) groups is 1. The summed E-state index contributed by atoms with van der Waals surface area (Å²) in [5.41, 5.74) is 2.50. The molecule has 0 bridgehead atoms. The van der Waals surface area contributed by atoms with Crippen LogP contribution in [0.3, 0.4) is 0 Å². The molecule has 152 valence electrons. The number of benzene rings is 1. The maximum Gasteiger partial charge on any atom is 0.237 e. The SMILES string of the molecule is CC(C)CNCC(=O)N(Cc1cccn1Cc1ccccc1)C1CCCCC1. The zero-order chi connectivity index (χ0) is 19.8. The number of amides is 1. The van der Waals surface area contributed by atoms with Gasteiger partial charge in [-0.15, -0.1) is 0 Å². The van der Waals surface area contributed by atoms with Crippen molar-refractivity contribution in [3.63, 3.8) is 0 Å². The minimum absolute atomic E-state index is 0.236. The van der Waals surface area contributed by atoms with Gasteiger partial charge in [0, 0.05) is 24.5 Å². The van der Waals surface area contributed by atoms with Gasteiger partial charge in [0.05, 0.1) is 13.1 Å². The standard InChI is InChI=1S/C24H35N3O/c1-20(2)16-25-17-24(28)27(22-12-7-4-8-13-22)19-23-14-9-15-26(23)18-21-10-5-3-6-11-21/h3,5-6,9-11,14-15,20,22,25H,4,7-8,12-13,16-19H2,1-2H3. The minimum Gasteiger partial charge on any atom is -0.345 e. The summed E-state index contributed by atoms with van der Waals surface area (Å²) < 4.78 is 2.28. The van der Waals surface area contributed by atoms with Crippen LogP contribution in [0.25, 0.3) is 0 Å². The molecule has 0 radical (unpaired) electrons. The van der Waals surface area contributed by atoms with E-state index >= 15 is 0 Å². The molecule has 1 aromatic carbocycles. The number of hydrogen-bond acceptors (Lipinski definition) is 2. The summed E-state index contributed by atoms with van der Waals surface area (Å²) in [7, 11) is 0. The summed E-state index contributed by atoms with van der Waals surface area (Å²) >= 11 is 0. The van der Waals surface area contributed by atoms with Gasteiger partial charge >= 0.3 is 0 Å². The van der Waals surface area contributed by atoms with Gasteiger partial charge in [-0.1, -0.05) is 63.4 Å². The van der Waals surface area contributed by atoms with Crippen molar-refractivity contribution >= 4 is 5.91 Å². The van der Waals surface area contributed by atoms with Crippen molar-refractivity contribution < 1.29 is 4.79 Å². The number of carbonyl (C=O) groups excluding carboxylic acids is 1. The molecule has 4 nitrogen and oxygen atoms in total. The monoisotopic (exact) mass is 381 g/mol. The largest absolute Gasteiger partial charge is 0.345 e. The molecule has 0 spiro atoms. The Bertz CT molecular complexity index is 716. The Hall–Kier alpha value is -2.07. The van der Waals surface area contributed by atoms with Crippen LogP contribution in [0.15, 0.2) is 48.7 Å². The first-order valence-electron chi connectivity index (χ1n) is 10.8. The van der Waals surface area contributed by atoms with E-state index in [9.17, 15) is 4.79 Å². The van der Waals surface area contributed by atoms with Crippen molar-refractivity contribution in [2.24, 2.45) is 5.92 Å². The molecule has 0 aliphatic heterocycles. The predicted molar refractivity (Wildman–Crippen MR) is 115 cm³/mol. The van der Waals surface area contributed by atoms with Gasteiger partial charge in [0.2, 0.25) is 5.91 Å². The van der Waals surface area contributed by atoms with Crippen LogP contribution in [0.2, 0.25) is 0 Å². The van der Waals surface area contributed by atoms with E-state index in [-0.39, 0.29) is 5.91 Å². The molecule has 3 rings (SSSR count). The summed E-state index contributed by atoms with van der Waals surface area (Å²) in [5, 5.41) is 3.34. The lowest BCUT2D eigenvalue weighted by Gasteiger charge is -2.35. The zero-order valence-electron chi connectivity index (χ0n) is 17.4. The second kappa shape index (κ2) is 10.5. The van der Waals surface area contributed by atoms with Crippen LogP contribution in [0.1, 0.15) is 57.2 Å². The van der Waals surface area contributed by atoms with E-state index in [0.717, 1.165) is 25.9 Å². The third kappa shape index (κ3) is 5.96. The van der Waals surface area contributed by atoms with Gasteiger partial charge in [-0.2, -0.15) is 0 Å². The molecule has 1 fully saturated rings. The number of aromatic nitrogens is 1. The molecule has 0 atom stereocenters. The highest BCUT2D eigenvalue weighted by Crippen LogP contribution is 2.24. The number of nitrogens with zero attached hydrogens (tertiary/aromatic N) is 2. The van der Waals surface area contributed by atoms with Gasteiger partial charge in [0.25, 0.3) is 0 Å². The highest BCUT2D eigenvalue weighted by atomic mass is 16.2. The number of hydrogen-bond donors (Lipinski definition) is 1. The fraction of sp³-hybridized carbons (Fsp3) is 0.542. The predicted octanol–water partition coefficient (Wildman–Crippen LogP) is 4.44. The molecule has 1 heterocycles. The normalized spacial score (nSPS) is 15.1. The first-order chi connectivity index (χ1) is 13.6. The van der Waals surface area contributed by atoms with Crippen molar-refractivity contribution in [1.82, 2.24) is 14.8 Å². The molecule has 0 saturated heterocycles. The smallest absolute Gasteiger partial charge is 0.237 e. The van der Waals surface area contributed by atoms with Crippen LogP contribution in [0.5, 0.6) is 0 Å². The van der Waals surface area contributed by atoms with Gasteiger partial charge in [0.1, 0.15) is 0 Å². The first-order valence-corrected chi connectivity index (χ1v) is 10.8. The van der Waals surface area contributed by atoms with Crippen LogP contribution in [-0.2, 0) is 17.9 Å². The topological polar surface area (TPSA) is 37.3 Å². The van der Waals surface area contributed by atoms with E-state index < -0.39 is 0 Å². The molecule has 1 N–H and O–H groups in total. The molecule has 1 saturated carbocycles. The summed E-state index contributed by atoms with van der Waals surface area (Å²) in [4.78, 5) is 15.2. The maximum absolute atomic E-state index is 13.1. The Morgan fingerprint density at radius 1 is 1.11 bits per heavy atom. The molecule has 0 unspecified atom stereocenters. The molecule has 1 aromatic heterocycles. The highest BCUT2D eigenvalue weighted by molar-refractivity contribution is 5.78. The van der Waals surface area contributed by atoms with Crippen molar-refractivity contribution in [3.8, 4) is 0 Å². The van der Waals surface area contributed by atoms with E-state index in [1.54, 1.807) is 0 Å². The summed E-state index contributed by atoms with van der Waals surface area (Å²) in [6.45, 7) is 7.22. The van der Waals surface area contributed by atoms with Crippen LogP contribution >= 0.6 is 0 Å². The maximum atomic E-state index is 13.1. The van der Waals surface area contributed by atoms with Gasteiger partial charge in [-0.05, 0) is 43.0 Å². The third-order valence-corrected chi connectivity index (χ3v) is 5.62.